The van der Waals surface area contributed by atoms with Crippen LogP contribution in [-0.4, -0.2) is 54.1 Å². The van der Waals surface area contributed by atoms with E-state index in [1.807, 2.05) is 29.2 Å². The number of aromatic nitrogens is 2. The summed E-state index contributed by atoms with van der Waals surface area (Å²) in [4.78, 5) is 25.0. The maximum Gasteiger partial charge on any atom is 0.219 e. The van der Waals surface area contributed by atoms with Crippen LogP contribution < -0.4 is 4.90 Å². The third kappa shape index (κ3) is 5.22. The van der Waals surface area contributed by atoms with Crippen LogP contribution in [0.1, 0.15) is 29.6 Å². The van der Waals surface area contributed by atoms with Gasteiger partial charge >= 0.3 is 0 Å². The van der Waals surface area contributed by atoms with Gasteiger partial charge in [-0.3, -0.25) is 4.79 Å². The molecule has 0 saturated carbocycles. The molecule has 1 aromatic carbocycles. The smallest absolute Gasteiger partial charge is 0.219 e. The van der Waals surface area contributed by atoms with Gasteiger partial charge in [0, 0.05) is 57.2 Å². The van der Waals surface area contributed by atoms with Crippen LogP contribution >= 0.6 is 11.6 Å². The SMILES string of the molecule is COCc1nc(CC#N)nc(N2CCN(C(C)=O)CC2)c1Cc1cccc(Cl)c1. The van der Waals surface area contributed by atoms with Crippen molar-refractivity contribution >= 4 is 23.3 Å². The number of anilines is 1. The molecule has 1 fully saturated rings. The lowest BCUT2D eigenvalue weighted by molar-refractivity contribution is -0.129. The third-order valence-electron chi connectivity index (χ3n) is 4.93. The van der Waals surface area contributed by atoms with Crippen molar-refractivity contribution in [3.8, 4) is 6.07 Å². The fraction of sp³-hybridized carbons (Fsp3) is 0.429. The van der Waals surface area contributed by atoms with E-state index in [0.29, 0.717) is 50.1 Å². The van der Waals surface area contributed by atoms with Crippen LogP contribution in [0.15, 0.2) is 24.3 Å². The quantitative estimate of drug-likeness (QED) is 0.723. The van der Waals surface area contributed by atoms with Crippen molar-refractivity contribution in [2.24, 2.45) is 0 Å². The number of carbonyl (C=O) groups excluding carboxylic acids is 1. The van der Waals surface area contributed by atoms with E-state index in [2.05, 4.69) is 16.0 Å². The summed E-state index contributed by atoms with van der Waals surface area (Å²) >= 11 is 6.17. The molecule has 0 spiro atoms. The Morgan fingerprint density at radius 3 is 2.66 bits per heavy atom. The lowest BCUT2D eigenvalue weighted by atomic mass is 10.0. The van der Waals surface area contributed by atoms with E-state index in [0.717, 1.165) is 22.6 Å². The molecule has 2 heterocycles. The van der Waals surface area contributed by atoms with E-state index in [9.17, 15) is 4.79 Å². The second kappa shape index (κ2) is 9.68. The Morgan fingerprint density at radius 2 is 2.03 bits per heavy atom. The second-order valence-corrected chi connectivity index (χ2v) is 7.39. The first-order valence-corrected chi connectivity index (χ1v) is 9.89. The maximum atomic E-state index is 11.7. The minimum atomic E-state index is 0.0803. The number of carbonyl (C=O) groups is 1. The van der Waals surface area contributed by atoms with E-state index in [-0.39, 0.29) is 12.3 Å². The summed E-state index contributed by atoms with van der Waals surface area (Å²) in [6.45, 7) is 4.56. The molecule has 1 aliphatic heterocycles. The minimum Gasteiger partial charge on any atom is -0.378 e. The summed E-state index contributed by atoms with van der Waals surface area (Å²) < 4.78 is 5.38. The predicted octanol–water partition coefficient (Wildman–Crippen LogP) is 2.60. The summed E-state index contributed by atoms with van der Waals surface area (Å²) in [6, 6.07) is 9.84. The van der Waals surface area contributed by atoms with Gasteiger partial charge in [-0.15, -0.1) is 0 Å². The van der Waals surface area contributed by atoms with Gasteiger partial charge in [0.1, 0.15) is 11.6 Å². The highest BCUT2D eigenvalue weighted by Crippen LogP contribution is 2.27. The van der Waals surface area contributed by atoms with Crippen molar-refractivity contribution in [3.63, 3.8) is 0 Å². The zero-order valence-electron chi connectivity index (χ0n) is 16.7. The highest BCUT2D eigenvalue weighted by Gasteiger charge is 2.24. The monoisotopic (exact) mass is 413 g/mol. The molecule has 0 atom stereocenters. The normalized spacial score (nSPS) is 14.0. The van der Waals surface area contributed by atoms with E-state index in [1.54, 1.807) is 14.0 Å². The van der Waals surface area contributed by atoms with Crippen molar-refractivity contribution in [3.05, 3.63) is 51.9 Å². The summed E-state index contributed by atoms with van der Waals surface area (Å²) in [5, 5.41) is 9.81. The molecule has 3 rings (SSSR count). The topological polar surface area (TPSA) is 82.3 Å². The predicted molar refractivity (Wildman–Crippen MR) is 111 cm³/mol. The fourth-order valence-corrected chi connectivity index (χ4v) is 3.71. The number of halogens is 1. The van der Waals surface area contributed by atoms with E-state index < -0.39 is 0 Å². The van der Waals surface area contributed by atoms with E-state index in [4.69, 9.17) is 26.6 Å². The number of methoxy groups -OCH3 is 1. The van der Waals surface area contributed by atoms with Gasteiger partial charge in [0.2, 0.25) is 5.91 Å². The van der Waals surface area contributed by atoms with Gasteiger partial charge in [-0.25, -0.2) is 9.97 Å². The number of nitrogens with zero attached hydrogens (tertiary/aromatic N) is 5. The molecule has 0 unspecified atom stereocenters. The highest BCUT2D eigenvalue weighted by atomic mass is 35.5. The average Bonchev–Trinajstić information content (AvgIpc) is 2.70. The minimum absolute atomic E-state index is 0.0803. The van der Waals surface area contributed by atoms with Gasteiger partial charge in [0.05, 0.1) is 24.8 Å². The van der Waals surface area contributed by atoms with Crippen LogP contribution in [0.2, 0.25) is 5.02 Å². The van der Waals surface area contributed by atoms with Gasteiger partial charge in [-0.2, -0.15) is 5.26 Å². The summed E-state index contributed by atoms with van der Waals surface area (Å²) in [7, 11) is 1.63. The van der Waals surface area contributed by atoms with Crippen LogP contribution in [0.25, 0.3) is 0 Å². The highest BCUT2D eigenvalue weighted by molar-refractivity contribution is 6.30. The molecule has 0 bridgehead atoms. The van der Waals surface area contributed by atoms with Crippen molar-refractivity contribution in [2.45, 2.75) is 26.4 Å². The molecule has 7 nitrogen and oxygen atoms in total. The molecule has 8 heteroatoms. The first-order valence-electron chi connectivity index (χ1n) is 9.51. The average molecular weight is 414 g/mol. The molecule has 0 aliphatic carbocycles. The summed E-state index contributed by atoms with van der Waals surface area (Å²) in [6.07, 6.45) is 0.739. The molecule has 0 radical (unpaired) electrons. The third-order valence-corrected chi connectivity index (χ3v) is 5.17. The molecule has 29 heavy (non-hydrogen) atoms. The number of rotatable bonds is 6. The Bertz CT molecular complexity index is 920. The van der Waals surface area contributed by atoms with E-state index in [1.165, 1.54) is 0 Å². The maximum absolute atomic E-state index is 11.7. The van der Waals surface area contributed by atoms with Crippen molar-refractivity contribution in [1.29, 1.82) is 5.26 Å². The Morgan fingerprint density at radius 1 is 1.28 bits per heavy atom. The molecular weight excluding hydrogens is 390 g/mol. The largest absolute Gasteiger partial charge is 0.378 e. The molecule has 1 amide bonds. The standard InChI is InChI=1S/C21H24ClN5O2/c1-15(28)26-8-10-27(11-9-26)21-18(13-16-4-3-5-17(22)12-16)19(14-29-2)24-20(25-21)6-7-23/h3-5,12H,6,8-11,13-14H2,1-2H3. The van der Waals surface area contributed by atoms with Crippen LogP contribution in [0, 0.1) is 11.3 Å². The van der Waals surface area contributed by atoms with Gasteiger partial charge in [0.25, 0.3) is 0 Å². The van der Waals surface area contributed by atoms with Gasteiger partial charge in [-0.05, 0) is 17.7 Å². The summed E-state index contributed by atoms with van der Waals surface area (Å²) in [5.74, 6) is 1.37. The van der Waals surface area contributed by atoms with Gasteiger partial charge in [-0.1, -0.05) is 23.7 Å². The number of piperazine rings is 1. The molecule has 152 valence electrons. The Kier molecular flexibility index (Phi) is 7.02. The zero-order chi connectivity index (χ0) is 20.8. The van der Waals surface area contributed by atoms with Crippen molar-refractivity contribution < 1.29 is 9.53 Å². The van der Waals surface area contributed by atoms with Crippen LogP contribution in [0.4, 0.5) is 5.82 Å². The molecule has 0 N–H and O–H groups in total. The second-order valence-electron chi connectivity index (χ2n) is 6.96. The Hall–Kier alpha value is -2.69. The number of ether oxygens (including phenoxy) is 1. The molecule has 1 aliphatic rings. The number of hydrogen-bond donors (Lipinski definition) is 0. The first-order chi connectivity index (χ1) is 14.0. The van der Waals surface area contributed by atoms with Crippen LogP contribution in [-0.2, 0) is 29.0 Å². The Balaban J connectivity index is 2.01. The molecule has 1 aromatic heterocycles. The molecule has 2 aromatic rings. The molecule has 1 saturated heterocycles. The van der Waals surface area contributed by atoms with Crippen LogP contribution in [0.5, 0.6) is 0 Å². The Labute approximate surface area is 175 Å². The molecular formula is C21H24ClN5O2. The number of amides is 1. The van der Waals surface area contributed by atoms with Gasteiger partial charge in [0.15, 0.2) is 0 Å². The van der Waals surface area contributed by atoms with Crippen LogP contribution in [0.3, 0.4) is 0 Å². The van der Waals surface area contributed by atoms with Crippen molar-refractivity contribution in [2.75, 3.05) is 38.2 Å². The summed E-state index contributed by atoms with van der Waals surface area (Å²) in [5.41, 5.74) is 2.79. The number of nitriles is 1. The first kappa shape index (κ1) is 21.0. The fourth-order valence-electron chi connectivity index (χ4n) is 3.50. The lowest BCUT2D eigenvalue weighted by Gasteiger charge is -2.36. The zero-order valence-corrected chi connectivity index (χ0v) is 17.4. The lowest BCUT2D eigenvalue weighted by Crippen LogP contribution is -2.48. The van der Waals surface area contributed by atoms with Gasteiger partial charge < -0.3 is 14.5 Å². The number of benzene rings is 1. The number of hydrogen-bond acceptors (Lipinski definition) is 6. The van der Waals surface area contributed by atoms with Crippen molar-refractivity contribution in [1.82, 2.24) is 14.9 Å². The van der Waals surface area contributed by atoms with E-state index >= 15 is 0 Å².